The van der Waals surface area contributed by atoms with Crippen molar-refractivity contribution >= 4 is 0 Å². The molecule has 1 aromatic carbocycles. The van der Waals surface area contributed by atoms with Crippen molar-refractivity contribution in [1.29, 1.82) is 0 Å². The summed E-state index contributed by atoms with van der Waals surface area (Å²) in [6, 6.07) is 5.01. The molecule has 21 heavy (non-hydrogen) atoms. The number of methoxy groups -OCH3 is 2. The largest absolute Gasteiger partial charge is 0.497 e. The Kier molecular flexibility index (Phi) is 6.77. The molecule has 1 unspecified atom stereocenters. The van der Waals surface area contributed by atoms with E-state index in [2.05, 4.69) is 5.32 Å². The van der Waals surface area contributed by atoms with E-state index in [1.165, 1.54) is 14.2 Å². The van der Waals surface area contributed by atoms with Gasteiger partial charge in [0.2, 0.25) is 0 Å². The number of hydrogen-bond acceptors (Lipinski definition) is 4. The average molecular weight is 307 g/mol. The first-order chi connectivity index (χ1) is 9.87. The third-order valence-corrected chi connectivity index (χ3v) is 2.95. The van der Waals surface area contributed by atoms with Crippen LogP contribution in [0.5, 0.6) is 11.5 Å². The van der Waals surface area contributed by atoms with Crippen LogP contribution in [0, 0.1) is 0 Å². The van der Waals surface area contributed by atoms with Crippen molar-refractivity contribution in [3.8, 4) is 11.5 Å². The van der Waals surface area contributed by atoms with Gasteiger partial charge in [0, 0.05) is 18.5 Å². The van der Waals surface area contributed by atoms with E-state index in [1.54, 1.807) is 18.2 Å². The third kappa shape index (κ3) is 6.22. The summed E-state index contributed by atoms with van der Waals surface area (Å²) in [5.74, 6) is 1.07. The van der Waals surface area contributed by atoms with Crippen LogP contribution < -0.4 is 14.8 Å². The Labute approximate surface area is 121 Å². The van der Waals surface area contributed by atoms with Crippen molar-refractivity contribution in [3.05, 3.63) is 23.8 Å². The number of rotatable bonds is 8. The Morgan fingerprint density at radius 2 is 1.95 bits per heavy atom. The molecular formula is C14H20F3NO3. The molecule has 1 rings (SSSR count). The summed E-state index contributed by atoms with van der Waals surface area (Å²) in [5.41, 5.74) is 0.528. The summed E-state index contributed by atoms with van der Waals surface area (Å²) in [7, 11) is 2.99. The SMILES string of the molecule is COc1ccc(OC)c(C(O)CNCCCC(F)(F)F)c1. The molecule has 0 aliphatic heterocycles. The quantitative estimate of drug-likeness (QED) is 0.725. The van der Waals surface area contributed by atoms with E-state index >= 15 is 0 Å². The number of halogens is 3. The number of alkyl halides is 3. The van der Waals surface area contributed by atoms with E-state index in [9.17, 15) is 18.3 Å². The van der Waals surface area contributed by atoms with E-state index in [1.807, 2.05) is 0 Å². The van der Waals surface area contributed by atoms with Crippen molar-refractivity contribution in [1.82, 2.24) is 5.32 Å². The van der Waals surface area contributed by atoms with Crippen LogP contribution >= 0.6 is 0 Å². The van der Waals surface area contributed by atoms with E-state index in [0.29, 0.717) is 17.1 Å². The van der Waals surface area contributed by atoms with Crippen LogP contribution in [0.4, 0.5) is 13.2 Å². The first-order valence-electron chi connectivity index (χ1n) is 6.55. The van der Waals surface area contributed by atoms with Gasteiger partial charge in [-0.3, -0.25) is 0 Å². The van der Waals surface area contributed by atoms with Gasteiger partial charge in [0.15, 0.2) is 0 Å². The molecular weight excluding hydrogens is 287 g/mol. The van der Waals surface area contributed by atoms with Gasteiger partial charge < -0.3 is 19.9 Å². The monoisotopic (exact) mass is 307 g/mol. The molecule has 0 aliphatic rings. The van der Waals surface area contributed by atoms with Gasteiger partial charge in [0.1, 0.15) is 11.5 Å². The van der Waals surface area contributed by atoms with Crippen molar-refractivity contribution in [3.63, 3.8) is 0 Å². The van der Waals surface area contributed by atoms with Crippen LogP contribution in [0.2, 0.25) is 0 Å². The molecule has 120 valence electrons. The van der Waals surface area contributed by atoms with E-state index in [0.717, 1.165) is 0 Å². The van der Waals surface area contributed by atoms with Gasteiger partial charge in [-0.15, -0.1) is 0 Å². The van der Waals surface area contributed by atoms with Crippen LogP contribution in [0.25, 0.3) is 0 Å². The first kappa shape index (κ1) is 17.6. The topological polar surface area (TPSA) is 50.7 Å². The zero-order chi connectivity index (χ0) is 15.9. The van der Waals surface area contributed by atoms with Crippen molar-refractivity contribution in [2.75, 3.05) is 27.3 Å². The molecule has 0 amide bonds. The molecule has 0 saturated carbocycles. The summed E-state index contributed by atoms with van der Waals surface area (Å²) in [4.78, 5) is 0. The summed E-state index contributed by atoms with van der Waals surface area (Å²) in [5, 5.41) is 12.9. The Morgan fingerprint density at radius 1 is 1.24 bits per heavy atom. The Bertz CT molecular complexity index is 438. The lowest BCUT2D eigenvalue weighted by Crippen LogP contribution is -2.24. The fraction of sp³-hybridized carbons (Fsp3) is 0.571. The molecule has 7 heteroatoms. The minimum absolute atomic E-state index is 0.0224. The lowest BCUT2D eigenvalue weighted by Gasteiger charge is -2.16. The number of aliphatic hydroxyl groups excluding tert-OH is 1. The van der Waals surface area contributed by atoms with Crippen LogP contribution in [-0.2, 0) is 0 Å². The third-order valence-electron chi connectivity index (χ3n) is 2.95. The molecule has 0 aromatic heterocycles. The van der Waals surface area contributed by atoms with Crippen molar-refractivity contribution in [2.24, 2.45) is 0 Å². The maximum atomic E-state index is 12.0. The lowest BCUT2D eigenvalue weighted by atomic mass is 10.1. The number of ether oxygens (including phenoxy) is 2. The Morgan fingerprint density at radius 3 is 2.52 bits per heavy atom. The molecule has 0 radical (unpaired) electrons. The van der Waals surface area contributed by atoms with Crippen molar-refractivity contribution < 1.29 is 27.8 Å². The highest BCUT2D eigenvalue weighted by Crippen LogP contribution is 2.29. The fourth-order valence-electron chi connectivity index (χ4n) is 1.86. The fourth-order valence-corrected chi connectivity index (χ4v) is 1.86. The standard InChI is InChI=1S/C14H20F3NO3/c1-20-10-4-5-13(21-2)11(8-10)12(19)9-18-7-3-6-14(15,16)17/h4-5,8,12,18-19H,3,6-7,9H2,1-2H3. The normalized spacial score (nSPS) is 13.0. The maximum absolute atomic E-state index is 12.0. The van der Waals surface area contributed by atoms with Crippen LogP contribution in [-0.4, -0.2) is 38.6 Å². The van der Waals surface area contributed by atoms with Gasteiger partial charge in [-0.25, -0.2) is 0 Å². The smallest absolute Gasteiger partial charge is 0.389 e. The van der Waals surface area contributed by atoms with E-state index in [4.69, 9.17) is 9.47 Å². The predicted molar refractivity (Wildman–Crippen MR) is 72.7 cm³/mol. The molecule has 1 atom stereocenters. The second-order valence-corrected chi connectivity index (χ2v) is 4.55. The molecule has 1 aromatic rings. The Hall–Kier alpha value is -1.47. The summed E-state index contributed by atoms with van der Waals surface area (Å²) in [6.07, 6.45) is -5.89. The highest BCUT2D eigenvalue weighted by atomic mass is 19.4. The highest BCUT2D eigenvalue weighted by Gasteiger charge is 2.25. The Balaban J connectivity index is 2.49. The summed E-state index contributed by atoms with van der Waals surface area (Å²) < 4.78 is 46.2. The second-order valence-electron chi connectivity index (χ2n) is 4.55. The molecule has 0 aliphatic carbocycles. The zero-order valence-corrected chi connectivity index (χ0v) is 12.0. The van der Waals surface area contributed by atoms with Crippen LogP contribution in [0.3, 0.4) is 0 Å². The van der Waals surface area contributed by atoms with E-state index < -0.39 is 18.7 Å². The van der Waals surface area contributed by atoms with E-state index in [-0.39, 0.29) is 19.5 Å². The second kappa shape index (κ2) is 8.09. The van der Waals surface area contributed by atoms with Crippen LogP contribution in [0.1, 0.15) is 24.5 Å². The number of nitrogens with one attached hydrogen (secondary N) is 1. The molecule has 0 bridgehead atoms. The van der Waals surface area contributed by atoms with Gasteiger partial charge in [-0.2, -0.15) is 13.2 Å². The first-order valence-corrected chi connectivity index (χ1v) is 6.55. The minimum atomic E-state index is -4.14. The van der Waals surface area contributed by atoms with Gasteiger partial charge >= 0.3 is 6.18 Å². The molecule has 0 spiro atoms. The number of aliphatic hydroxyl groups is 1. The predicted octanol–water partition coefficient (Wildman–Crippen LogP) is 2.67. The molecule has 0 fully saturated rings. The number of benzene rings is 1. The highest BCUT2D eigenvalue weighted by molar-refractivity contribution is 5.41. The van der Waals surface area contributed by atoms with Gasteiger partial charge in [-0.05, 0) is 31.2 Å². The van der Waals surface area contributed by atoms with Gasteiger partial charge in [0.05, 0.1) is 20.3 Å². The van der Waals surface area contributed by atoms with Crippen molar-refractivity contribution in [2.45, 2.75) is 25.1 Å². The molecule has 4 nitrogen and oxygen atoms in total. The minimum Gasteiger partial charge on any atom is -0.497 e. The summed E-state index contributed by atoms with van der Waals surface area (Å²) >= 11 is 0. The summed E-state index contributed by atoms with van der Waals surface area (Å²) in [6.45, 7) is 0.324. The van der Waals surface area contributed by atoms with Crippen LogP contribution in [0.15, 0.2) is 18.2 Å². The molecule has 0 saturated heterocycles. The lowest BCUT2D eigenvalue weighted by molar-refractivity contribution is -0.135. The van der Waals surface area contributed by atoms with Gasteiger partial charge in [0.25, 0.3) is 0 Å². The number of hydrogen-bond donors (Lipinski definition) is 2. The molecule has 2 N–H and O–H groups in total. The average Bonchev–Trinajstić information content (AvgIpc) is 2.44. The molecule has 0 heterocycles. The maximum Gasteiger partial charge on any atom is 0.389 e. The van der Waals surface area contributed by atoms with Gasteiger partial charge in [-0.1, -0.05) is 0 Å². The zero-order valence-electron chi connectivity index (χ0n) is 12.0.